The Morgan fingerprint density at radius 1 is 0.968 bits per heavy atom. The summed E-state index contributed by atoms with van der Waals surface area (Å²) in [7, 11) is 1.41. The fourth-order valence-corrected chi connectivity index (χ4v) is 2.50. The lowest BCUT2D eigenvalue weighted by molar-refractivity contribution is -0.138. The maximum atomic E-state index is 12.2. The van der Waals surface area contributed by atoms with Crippen LogP contribution in [0.5, 0.6) is 23.0 Å². The number of hydrogen-bond donors (Lipinski definition) is 0. The van der Waals surface area contributed by atoms with Crippen molar-refractivity contribution in [1.82, 2.24) is 0 Å². The Bertz CT molecular complexity index is 992. The van der Waals surface area contributed by atoms with E-state index < -0.39 is 11.9 Å². The summed E-state index contributed by atoms with van der Waals surface area (Å²) < 4.78 is 26.4. The standard InChI is InChI=1S/C23H23NO7/c1-4-28-18-8-6-7-9-19(18)30-15-22(25)31-20-11-10-16(13-21(20)27-3)12-17(14-24)23(26)29-5-2/h6-13H,4-5,15H2,1-3H3/b17-12+. The summed E-state index contributed by atoms with van der Waals surface area (Å²) in [6, 6.07) is 13.4. The molecule has 0 amide bonds. The number of hydrogen-bond acceptors (Lipinski definition) is 8. The fourth-order valence-electron chi connectivity index (χ4n) is 2.50. The van der Waals surface area contributed by atoms with Crippen molar-refractivity contribution in [3.8, 4) is 29.1 Å². The maximum Gasteiger partial charge on any atom is 0.349 e. The number of carbonyl (C=O) groups excluding carboxylic acids is 2. The SMILES string of the molecule is CCOC(=O)/C(C#N)=C/c1ccc(OC(=O)COc2ccccc2OCC)c(OC)c1. The molecule has 8 nitrogen and oxygen atoms in total. The van der Waals surface area contributed by atoms with Crippen LogP contribution >= 0.6 is 0 Å². The Morgan fingerprint density at radius 3 is 2.29 bits per heavy atom. The summed E-state index contributed by atoms with van der Waals surface area (Å²) in [6.07, 6.45) is 1.36. The molecule has 0 saturated carbocycles. The van der Waals surface area contributed by atoms with Gasteiger partial charge in [-0.3, -0.25) is 0 Å². The van der Waals surface area contributed by atoms with Gasteiger partial charge < -0.3 is 23.7 Å². The molecule has 2 rings (SSSR count). The van der Waals surface area contributed by atoms with Crippen molar-refractivity contribution in [2.24, 2.45) is 0 Å². The number of rotatable bonds is 10. The summed E-state index contributed by atoms with van der Waals surface area (Å²) in [5.74, 6) is 0.0122. The van der Waals surface area contributed by atoms with Gasteiger partial charge in [0.1, 0.15) is 11.6 Å². The number of carbonyl (C=O) groups is 2. The van der Waals surface area contributed by atoms with Crippen molar-refractivity contribution in [2.45, 2.75) is 13.8 Å². The van der Waals surface area contributed by atoms with E-state index in [-0.39, 0.29) is 30.3 Å². The van der Waals surface area contributed by atoms with Gasteiger partial charge >= 0.3 is 11.9 Å². The van der Waals surface area contributed by atoms with Crippen molar-refractivity contribution in [3.05, 3.63) is 53.6 Å². The lowest BCUT2D eigenvalue weighted by Gasteiger charge is -2.12. The molecule has 2 aromatic carbocycles. The van der Waals surface area contributed by atoms with E-state index in [2.05, 4.69) is 0 Å². The highest BCUT2D eigenvalue weighted by atomic mass is 16.6. The van der Waals surface area contributed by atoms with Crippen LogP contribution in [0.4, 0.5) is 0 Å². The van der Waals surface area contributed by atoms with Crippen LogP contribution in [0, 0.1) is 11.3 Å². The molecule has 8 heteroatoms. The smallest absolute Gasteiger partial charge is 0.349 e. The molecular weight excluding hydrogens is 402 g/mol. The number of esters is 2. The molecule has 0 N–H and O–H groups in total. The van der Waals surface area contributed by atoms with Crippen LogP contribution in [0.1, 0.15) is 19.4 Å². The van der Waals surface area contributed by atoms with E-state index in [1.807, 2.05) is 6.92 Å². The number of nitriles is 1. The van der Waals surface area contributed by atoms with Gasteiger partial charge in [-0.15, -0.1) is 0 Å². The molecule has 162 valence electrons. The van der Waals surface area contributed by atoms with Crippen LogP contribution in [-0.4, -0.2) is 38.9 Å². The van der Waals surface area contributed by atoms with Gasteiger partial charge in [0.25, 0.3) is 0 Å². The molecule has 0 aliphatic carbocycles. The molecule has 0 radical (unpaired) electrons. The van der Waals surface area contributed by atoms with Crippen LogP contribution < -0.4 is 18.9 Å². The third-order valence-corrected chi connectivity index (χ3v) is 3.83. The van der Waals surface area contributed by atoms with E-state index in [1.165, 1.54) is 25.3 Å². The Kier molecular flexibility index (Phi) is 8.92. The minimum atomic E-state index is -0.719. The second-order valence-electron chi connectivity index (χ2n) is 5.94. The zero-order valence-electron chi connectivity index (χ0n) is 17.5. The van der Waals surface area contributed by atoms with E-state index in [9.17, 15) is 9.59 Å². The van der Waals surface area contributed by atoms with E-state index in [4.69, 9.17) is 28.9 Å². The van der Waals surface area contributed by atoms with Crippen LogP contribution in [0.3, 0.4) is 0 Å². The first kappa shape index (κ1) is 23.3. The molecule has 0 spiro atoms. The third-order valence-electron chi connectivity index (χ3n) is 3.83. The molecule has 0 heterocycles. The van der Waals surface area contributed by atoms with Gasteiger partial charge in [0.15, 0.2) is 29.6 Å². The molecular formula is C23H23NO7. The molecule has 0 aliphatic heterocycles. The number of para-hydroxylation sites is 2. The Labute approximate surface area is 180 Å². The van der Waals surface area contributed by atoms with Crippen LogP contribution in [0.25, 0.3) is 6.08 Å². The van der Waals surface area contributed by atoms with Gasteiger partial charge in [0.2, 0.25) is 0 Å². The summed E-state index contributed by atoms with van der Waals surface area (Å²) in [5, 5.41) is 9.15. The van der Waals surface area contributed by atoms with Gasteiger partial charge in [-0.25, -0.2) is 9.59 Å². The van der Waals surface area contributed by atoms with E-state index in [0.717, 1.165) is 0 Å². The number of methoxy groups -OCH3 is 1. The second-order valence-corrected chi connectivity index (χ2v) is 5.94. The molecule has 0 atom stereocenters. The van der Waals surface area contributed by atoms with Crippen LogP contribution in [0.15, 0.2) is 48.0 Å². The van der Waals surface area contributed by atoms with E-state index in [1.54, 1.807) is 43.3 Å². The summed E-state index contributed by atoms with van der Waals surface area (Å²) in [4.78, 5) is 24.0. The van der Waals surface area contributed by atoms with Gasteiger partial charge in [-0.1, -0.05) is 18.2 Å². The number of ether oxygens (including phenoxy) is 5. The number of benzene rings is 2. The quantitative estimate of drug-likeness (QED) is 0.246. The lowest BCUT2D eigenvalue weighted by atomic mass is 10.1. The van der Waals surface area contributed by atoms with Crippen LogP contribution in [-0.2, 0) is 14.3 Å². The predicted molar refractivity (Wildman–Crippen MR) is 112 cm³/mol. The molecule has 31 heavy (non-hydrogen) atoms. The molecule has 0 saturated heterocycles. The van der Waals surface area contributed by atoms with Crippen molar-refractivity contribution in [3.63, 3.8) is 0 Å². The van der Waals surface area contributed by atoms with Crippen molar-refractivity contribution < 1.29 is 33.3 Å². The monoisotopic (exact) mass is 425 g/mol. The van der Waals surface area contributed by atoms with E-state index in [0.29, 0.717) is 23.7 Å². The van der Waals surface area contributed by atoms with Gasteiger partial charge in [0.05, 0.1) is 20.3 Å². The van der Waals surface area contributed by atoms with Gasteiger partial charge in [-0.2, -0.15) is 5.26 Å². The summed E-state index contributed by atoms with van der Waals surface area (Å²) in [6.45, 7) is 3.79. The highest BCUT2D eigenvalue weighted by Crippen LogP contribution is 2.30. The fraction of sp³-hybridized carbons (Fsp3) is 0.261. The molecule has 0 bridgehead atoms. The minimum absolute atomic E-state index is 0.157. The minimum Gasteiger partial charge on any atom is -0.493 e. The summed E-state index contributed by atoms with van der Waals surface area (Å²) >= 11 is 0. The predicted octanol–water partition coefficient (Wildman–Crippen LogP) is 3.55. The maximum absolute atomic E-state index is 12.2. The second kappa shape index (κ2) is 11.9. The van der Waals surface area contributed by atoms with E-state index >= 15 is 0 Å². The largest absolute Gasteiger partial charge is 0.493 e. The molecule has 0 aliphatic rings. The normalized spacial score (nSPS) is 10.6. The van der Waals surface area contributed by atoms with Crippen LogP contribution in [0.2, 0.25) is 0 Å². The highest BCUT2D eigenvalue weighted by Gasteiger charge is 2.14. The van der Waals surface area contributed by atoms with Gasteiger partial charge in [0, 0.05) is 0 Å². The average Bonchev–Trinajstić information content (AvgIpc) is 2.78. The topological polar surface area (TPSA) is 104 Å². The molecule has 0 fully saturated rings. The average molecular weight is 425 g/mol. The first-order valence-corrected chi connectivity index (χ1v) is 9.54. The Morgan fingerprint density at radius 2 is 1.68 bits per heavy atom. The van der Waals surface area contributed by atoms with Gasteiger partial charge in [-0.05, 0) is 49.8 Å². The Balaban J connectivity index is 2.09. The molecule has 0 aromatic heterocycles. The zero-order chi connectivity index (χ0) is 22.6. The zero-order valence-corrected chi connectivity index (χ0v) is 17.5. The number of nitrogens with zero attached hydrogens (tertiary/aromatic N) is 1. The molecule has 0 unspecified atom stereocenters. The van der Waals surface area contributed by atoms with Crippen molar-refractivity contribution in [2.75, 3.05) is 26.9 Å². The third kappa shape index (κ3) is 6.78. The first-order chi connectivity index (χ1) is 15.0. The molecule has 2 aromatic rings. The van der Waals surface area contributed by atoms with Crippen molar-refractivity contribution in [1.29, 1.82) is 5.26 Å². The summed E-state index contributed by atoms with van der Waals surface area (Å²) in [5.41, 5.74) is 0.346. The Hall–Kier alpha value is -3.99. The lowest BCUT2D eigenvalue weighted by Crippen LogP contribution is -2.18. The first-order valence-electron chi connectivity index (χ1n) is 9.54. The highest BCUT2D eigenvalue weighted by molar-refractivity contribution is 5.98. The van der Waals surface area contributed by atoms with Crippen molar-refractivity contribution >= 4 is 18.0 Å².